The molecule has 0 bridgehead atoms. The number of methoxy groups -OCH3 is 1. The van der Waals surface area contributed by atoms with Gasteiger partial charge in [0.1, 0.15) is 17.5 Å². The zero-order chi connectivity index (χ0) is 13.4. The van der Waals surface area contributed by atoms with Crippen LogP contribution in [-0.2, 0) is 11.2 Å². The smallest absolute Gasteiger partial charge is 0.145 e. The number of hydrogen-bond donors (Lipinski definition) is 3. The molecule has 0 aliphatic heterocycles. The molecule has 1 heterocycles. The van der Waals surface area contributed by atoms with Gasteiger partial charge >= 0.3 is 0 Å². The number of nitrogens with two attached hydrogens (primary N) is 1. The zero-order valence-corrected chi connectivity index (χ0v) is 11.4. The van der Waals surface area contributed by atoms with Crippen molar-refractivity contribution >= 4 is 11.6 Å². The molecule has 0 aromatic carbocycles. The molecule has 1 atom stereocenters. The van der Waals surface area contributed by atoms with Crippen molar-refractivity contribution in [3.8, 4) is 0 Å². The second kappa shape index (κ2) is 7.84. The summed E-state index contributed by atoms with van der Waals surface area (Å²) in [5, 5.41) is 3.33. The Labute approximate surface area is 108 Å². The van der Waals surface area contributed by atoms with Gasteiger partial charge in [0.05, 0.1) is 12.6 Å². The summed E-state index contributed by atoms with van der Waals surface area (Å²) in [5.41, 5.74) is 2.57. The monoisotopic (exact) mass is 253 g/mol. The van der Waals surface area contributed by atoms with E-state index in [1.54, 1.807) is 13.2 Å². The van der Waals surface area contributed by atoms with E-state index in [0.717, 1.165) is 30.9 Å². The normalized spacial score (nSPS) is 12.2. The molecule has 1 aromatic rings. The third-order valence-electron chi connectivity index (χ3n) is 2.61. The molecule has 1 aromatic heterocycles. The highest BCUT2D eigenvalue weighted by Gasteiger charge is 2.09. The lowest BCUT2D eigenvalue weighted by atomic mass is 10.2. The van der Waals surface area contributed by atoms with Gasteiger partial charge in [-0.2, -0.15) is 0 Å². The molecule has 1 unspecified atom stereocenters. The molecule has 0 saturated heterocycles. The number of hydrazine groups is 1. The number of aromatic nitrogens is 2. The average molecular weight is 253 g/mol. The number of aryl methyl sites for hydroxylation is 1. The molecule has 102 valence electrons. The van der Waals surface area contributed by atoms with E-state index in [2.05, 4.69) is 34.6 Å². The van der Waals surface area contributed by atoms with Crippen LogP contribution in [0.5, 0.6) is 0 Å². The average Bonchev–Trinajstić information content (AvgIpc) is 2.38. The highest BCUT2D eigenvalue weighted by molar-refractivity contribution is 5.47. The molecule has 0 spiro atoms. The van der Waals surface area contributed by atoms with Crippen molar-refractivity contribution < 1.29 is 4.74 Å². The largest absolute Gasteiger partial charge is 0.383 e. The fourth-order valence-electron chi connectivity index (χ4n) is 1.65. The number of nitrogens with one attached hydrogen (secondary N) is 2. The van der Waals surface area contributed by atoms with Gasteiger partial charge in [0, 0.05) is 19.6 Å². The van der Waals surface area contributed by atoms with Crippen molar-refractivity contribution in [2.24, 2.45) is 5.84 Å². The highest BCUT2D eigenvalue weighted by Crippen LogP contribution is 2.13. The van der Waals surface area contributed by atoms with Gasteiger partial charge in [0.25, 0.3) is 0 Å². The van der Waals surface area contributed by atoms with Gasteiger partial charge in [-0.25, -0.2) is 15.8 Å². The minimum Gasteiger partial charge on any atom is -0.383 e. The Bertz CT molecular complexity index is 358. The van der Waals surface area contributed by atoms with Gasteiger partial charge in [0.2, 0.25) is 0 Å². The first-order valence-electron chi connectivity index (χ1n) is 6.33. The Morgan fingerprint density at radius 2 is 2.06 bits per heavy atom. The second-order valence-corrected chi connectivity index (χ2v) is 4.15. The highest BCUT2D eigenvalue weighted by atomic mass is 16.5. The Kier molecular flexibility index (Phi) is 6.38. The molecule has 1 rings (SSSR count). The van der Waals surface area contributed by atoms with Crippen molar-refractivity contribution in [2.75, 3.05) is 24.5 Å². The summed E-state index contributed by atoms with van der Waals surface area (Å²) in [7, 11) is 1.69. The van der Waals surface area contributed by atoms with Gasteiger partial charge in [0.15, 0.2) is 0 Å². The summed E-state index contributed by atoms with van der Waals surface area (Å²) in [5.74, 6) is 7.62. The molecule has 6 heteroatoms. The van der Waals surface area contributed by atoms with E-state index >= 15 is 0 Å². The van der Waals surface area contributed by atoms with Crippen LogP contribution < -0.4 is 16.6 Å². The Hall–Kier alpha value is -1.40. The van der Waals surface area contributed by atoms with Crippen molar-refractivity contribution in [3.05, 3.63) is 11.9 Å². The molecule has 6 nitrogen and oxygen atoms in total. The lowest BCUT2D eigenvalue weighted by molar-refractivity contribution is 0.184. The Morgan fingerprint density at radius 1 is 1.33 bits per heavy atom. The molecule has 0 amide bonds. The first kappa shape index (κ1) is 14.7. The molecule has 0 aliphatic rings. The van der Waals surface area contributed by atoms with Gasteiger partial charge in [-0.3, -0.25) is 0 Å². The summed E-state index contributed by atoms with van der Waals surface area (Å²) in [6, 6.07) is 2.04. The van der Waals surface area contributed by atoms with E-state index in [1.165, 1.54) is 0 Å². The molecule has 0 aliphatic carbocycles. The Balaban J connectivity index is 2.82. The first-order valence-corrected chi connectivity index (χ1v) is 6.33. The third-order valence-corrected chi connectivity index (χ3v) is 2.61. The summed E-state index contributed by atoms with van der Waals surface area (Å²) >= 11 is 0. The van der Waals surface area contributed by atoms with E-state index in [-0.39, 0.29) is 6.04 Å². The number of nitrogen functional groups attached to an aromatic ring is 1. The first-order chi connectivity index (χ1) is 8.73. The summed E-state index contributed by atoms with van der Waals surface area (Å²) in [6.45, 7) is 4.85. The predicted octanol–water partition coefficient (Wildman–Crippen LogP) is 1.55. The molecular weight excluding hydrogens is 230 g/mol. The molecule has 0 fully saturated rings. The van der Waals surface area contributed by atoms with E-state index in [9.17, 15) is 0 Å². The quantitative estimate of drug-likeness (QED) is 0.481. The minimum atomic E-state index is 0.241. The van der Waals surface area contributed by atoms with Crippen LogP contribution in [0.1, 0.15) is 32.5 Å². The topological polar surface area (TPSA) is 85.1 Å². The van der Waals surface area contributed by atoms with E-state index in [1.807, 2.05) is 0 Å². The molecule has 18 heavy (non-hydrogen) atoms. The van der Waals surface area contributed by atoms with Gasteiger partial charge < -0.3 is 15.5 Å². The second-order valence-electron chi connectivity index (χ2n) is 4.15. The fourth-order valence-corrected chi connectivity index (χ4v) is 1.65. The fraction of sp³-hybridized carbons (Fsp3) is 0.667. The van der Waals surface area contributed by atoms with Gasteiger partial charge in [-0.05, 0) is 12.8 Å². The molecule has 0 radical (unpaired) electrons. The van der Waals surface area contributed by atoms with Crippen LogP contribution in [0, 0.1) is 0 Å². The lowest BCUT2D eigenvalue weighted by Gasteiger charge is -2.17. The van der Waals surface area contributed by atoms with Gasteiger partial charge in [-0.1, -0.05) is 13.8 Å². The number of hydrogen-bond acceptors (Lipinski definition) is 6. The van der Waals surface area contributed by atoms with Crippen molar-refractivity contribution in [1.82, 2.24) is 9.97 Å². The van der Waals surface area contributed by atoms with Crippen molar-refractivity contribution in [3.63, 3.8) is 0 Å². The van der Waals surface area contributed by atoms with Crippen LogP contribution in [0.3, 0.4) is 0 Å². The maximum absolute atomic E-state index is 5.41. The molecule has 0 saturated carbocycles. The predicted molar refractivity (Wildman–Crippen MR) is 73.4 cm³/mol. The SMILES string of the molecule is CCCc1nc(NN)cc(NC(CC)COC)n1. The summed E-state index contributed by atoms with van der Waals surface area (Å²) < 4.78 is 5.16. The minimum absolute atomic E-state index is 0.241. The Morgan fingerprint density at radius 3 is 2.61 bits per heavy atom. The summed E-state index contributed by atoms with van der Waals surface area (Å²) in [4.78, 5) is 8.77. The van der Waals surface area contributed by atoms with Crippen LogP contribution in [0.4, 0.5) is 11.6 Å². The van der Waals surface area contributed by atoms with Crippen molar-refractivity contribution in [1.29, 1.82) is 0 Å². The van der Waals surface area contributed by atoms with E-state index < -0.39 is 0 Å². The van der Waals surface area contributed by atoms with Crippen LogP contribution in [0.15, 0.2) is 6.07 Å². The third kappa shape index (κ3) is 4.46. The van der Waals surface area contributed by atoms with Crippen molar-refractivity contribution in [2.45, 2.75) is 39.2 Å². The van der Waals surface area contributed by atoms with Crippen LogP contribution in [0.25, 0.3) is 0 Å². The summed E-state index contributed by atoms with van der Waals surface area (Å²) in [6.07, 6.45) is 2.81. The number of nitrogens with zero attached hydrogens (tertiary/aromatic N) is 2. The molecule has 4 N–H and O–H groups in total. The number of anilines is 2. The maximum atomic E-state index is 5.41. The van der Waals surface area contributed by atoms with Crippen LogP contribution in [0.2, 0.25) is 0 Å². The number of rotatable bonds is 8. The number of ether oxygens (including phenoxy) is 1. The van der Waals surface area contributed by atoms with Crippen LogP contribution >= 0.6 is 0 Å². The standard InChI is InChI=1S/C12H23N5O/c1-4-6-10-15-11(7-12(16-10)17-13)14-9(5-2)8-18-3/h7,9H,4-6,8,13H2,1-3H3,(H2,14,15,16,17). The van der Waals surface area contributed by atoms with Crippen LogP contribution in [-0.4, -0.2) is 29.7 Å². The van der Waals surface area contributed by atoms with E-state index in [4.69, 9.17) is 10.6 Å². The van der Waals surface area contributed by atoms with Gasteiger partial charge in [-0.15, -0.1) is 0 Å². The lowest BCUT2D eigenvalue weighted by Crippen LogP contribution is -2.25. The zero-order valence-electron chi connectivity index (χ0n) is 11.4. The maximum Gasteiger partial charge on any atom is 0.145 e. The molecular formula is C12H23N5O. The van der Waals surface area contributed by atoms with E-state index in [0.29, 0.717) is 12.4 Å².